The van der Waals surface area contributed by atoms with Crippen molar-refractivity contribution in [3.8, 4) is 28.6 Å². The fourth-order valence-electron chi connectivity index (χ4n) is 3.23. The quantitative estimate of drug-likeness (QED) is 0.269. The molecule has 0 saturated carbocycles. The van der Waals surface area contributed by atoms with Gasteiger partial charge in [0.1, 0.15) is 11.4 Å². The van der Waals surface area contributed by atoms with Crippen LogP contribution in [-0.4, -0.2) is 44.1 Å². The molecule has 0 aliphatic heterocycles. The second-order valence-corrected chi connectivity index (χ2v) is 7.64. The van der Waals surface area contributed by atoms with Crippen LogP contribution >= 0.6 is 11.8 Å². The van der Waals surface area contributed by atoms with Crippen LogP contribution in [0.25, 0.3) is 28.1 Å². The molecule has 2 aromatic carbocycles. The minimum absolute atomic E-state index is 0.461. The Kier molecular flexibility index (Phi) is 5.42. The van der Waals surface area contributed by atoms with Gasteiger partial charge >= 0.3 is 0 Å². The predicted molar refractivity (Wildman–Crippen MR) is 119 cm³/mol. The average Bonchev–Trinajstić information content (AvgIpc) is 3.50. The molecule has 0 atom stereocenters. The van der Waals surface area contributed by atoms with Crippen molar-refractivity contribution in [2.45, 2.75) is 10.8 Å². The number of aromatic nitrogens is 6. The number of hydrogen-bond donors (Lipinski definition) is 0. The maximum atomic E-state index is 5.44. The molecule has 5 rings (SSSR count). The van der Waals surface area contributed by atoms with Crippen molar-refractivity contribution in [3.05, 3.63) is 66.9 Å². The van der Waals surface area contributed by atoms with Gasteiger partial charge in [-0.1, -0.05) is 35.1 Å². The lowest BCUT2D eigenvalue weighted by atomic mass is 10.2. The summed E-state index contributed by atoms with van der Waals surface area (Å²) in [6.07, 6.45) is 3.31. The first kappa shape index (κ1) is 20.0. The number of ether oxygens (including phenoxy) is 2. The highest BCUT2D eigenvalue weighted by Crippen LogP contribution is 2.32. The highest BCUT2D eigenvalue weighted by atomic mass is 32.2. The number of fused-ring (bicyclic) bond motifs is 1. The molecule has 0 aliphatic rings. The van der Waals surface area contributed by atoms with Crippen LogP contribution in [0.1, 0.15) is 5.89 Å². The van der Waals surface area contributed by atoms with Crippen molar-refractivity contribution in [3.63, 3.8) is 0 Å². The third kappa shape index (κ3) is 3.76. The van der Waals surface area contributed by atoms with E-state index in [1.165, 1.54) is 18.1 Å². The molecule has 0 bridgehead atoms. The molecule has 5 aromatic rings. The molecule has 0 radical (unpaired) electrons. The highest BCUT2D eigenvalue weighted by Gasteiger charge is 2.15. The molecule has 9 nitrogen and oxygen atoms in total. The van der Waals surface area contributed by atoms with Gasteiger partial charge in [0.2, 0.25) is 11.7 Å². The van der Waals surface area contributed by atoms with Crippen LogP contribution in [0, 0.1) is 0 Å². The third-order valence-electron chi connectivity index (χ3n) is 4.77. The lowest BCUT2D eigenvalue weighted by Gasteiger charge is -2.07. The van der Waals surface area contributed by atoms with Gasteiger partial charge in [-0.3, -0.25) is 0 Å². The molecule has 0 N–H and O–H groups in total. The van der Waals surface area contributed by atoms with Crippen LogP contribution < -0.4 is 9.47 Å². The number of thioether (sulfide) groups is 1. The summed E-state index contributed by atoms with van der Waals surface area (Å²) in [7, 11) is 3.18. The lowest BCUT2D eigenvalue weighted by molar-refractivity contribution is 0.355. The Morgan fingerprint density at radius 2 is 1.84 bits per heavy atom. The van der Waals surface area contributed by atoms with Crippen molar-refractivity contribution in [2.24, 2.45) is 0 Å². The fourth-order valence-corrected chi connectivity index (χ4v) is 4.03. The largest absolute Gasteiger partial charge is 0.493 e. The van der Waals surface area contributed by atoms with E-state index in [1.807, 2.05) is 42.5 Å². The van der Waals surface area contributed by atoms with Gasteiger partial charge < -0.3 is 14.0 Å². The third-order valence-corrected chi connectivity index (χ3v) is 5.76. The Morgan fingerprint density at radius 3 is 2.66 bits per heavy atom. The molecule has 0 unspecified atom stereocenters. The average molecular weight is 446 g/mol. The molecule has 0 fully saturated rings. The van der Waals surface area contributed by atoms with Crippen molar-refractivity contribution in [1.29, 1.82) is 0 Å². The summed E-state index contributed by atoms with van der Waals surface area (Å²) >= 11 is 1.49. The molecule has 3 aromatic heterocycles. The number of hydrogen-bond acceptors (Lipinski definition) is 9. The summed E-state index contributed by atoms with van der Waals surface area (Å²) in [4.78, 5) is 13.3. The standard InChI is InChI=1S/C22H18N6O3S/c1-29-17-9-8-14(10-18(17)30-2)20-26-19(31-27-20)12-32-22-16-11-25-28(21(16)23-13-24-22)15-6-4-3-5-7-15/h3-11,13H,12H2,1-2H3. The van der Waals surface area contributed by atoms with Gasteiger partial charge in [0.25, 0.3) is 0 Å². The summed E-state index contributed by atoms with van der Waals surface area (Å²) in [6, 6.07) is 15.3. The molecule has 0 aliphatic carbocycles. The number of benzene rings is 2. The van der Waals surface area contributed by atoms with Gasteiger partial charge in [0.15, 0.2) is 17.1 Å². The summed E-state index contributed by atoms with van der Waals surface area (Å²) < 4.78 is 17.9. The van der Waals surface area contributed by atoms with E-state index in [2.05, 4.69) is 25.2 Å². The van der Waals surface area contributed by atoms with Crippen LogP contribution in [0.5, 0.6) is 11.5 Å². The summed E-state index contributed by atoms with van der Waals surface area (Å²) in [5.41, 5.74) is 2.45. The molecule has 0 saturated heterocycles. The number of rotatable bonds is 7. The zero-order valence-electron chi connectivity index (χ0n) is 17.3. The molecular weight excluding hydrogens is 428 g/mol. The van der Waals surface area contributed by atoms with E-state index in [0.29, 0.717) is 29.0 Å². The minimum atomic E-state index is 0.461. The predicted octanol–water partition coefficient (Wildman–Crippen LogP) is 4.18. The van der Waals surface area contributed by atoms with Crippen LogP contribution in [0.3, 0.4) is 0 Å². The number of methoxy groups -OCH3 is 2. The fraction of sp³-hybridized carbons (Fsp3) is 0.136. The van der Waals surface area contributed by atoms with E-state index in [1.54, 1.807) is 31.2 Å². The van der Waals surface area contributed by atoms with Gasteiger partial charge in [-0.25, -0.2) is 14.6 Å². The molecular formula is C22H18N6O3S. The topological polar surface area (TPSA) is 101 Å². The van der Waals surface area contributed by atoms with Crippen LogP contribution in [-0.2, 0) is 5.75 Å². The van der Waals surface area contributed by atoms with E-state index in [0.717, 1.165) is 27.3 Å². The van der Waals surface area contributed by atoms with Gasteiger partial charge in [-0.05, 0) is 30.3 Å². The SMILES string of the molecule is COc1ccc(-c2noc(CSc3ncnc4c3cnn4-c3ccccc3)n2)cc1OC. The summed E-state index contributed by atoms with van der Waals surface area (Å²) in [5, 5.41) is 10.2. The Labute approximate surface area is 187 Å². The first-order chi connectivity index (χ1) is 15.8. The first-order valence-electron chi connectivity index (χ1n) is 9.69. The Balaban J connectivity index is 1.36. The smallest absolute Gasteiger partial charge is 0.237 e. The zero-order chi connectivity index (χ0) is 21.9. The molecule has 0 spiro atoms. The number of nitrogens with zero attached hydrogens (tertiary/aromatic N) is 6. The molecule has 160 valence electrons. The van der Waals surface area contributed by atoms with Crippen molar-refractivity contribution >= 4 is 22.8 Å². The Hall–Kier alpha value is -3.92. The Bertz CT molecular complexity index is 1370. The second kappa shape index (κ2) is 8.67. The van der Waals surface area contributed by atoms with Crippen molar-refractivity contribution in [2.75, 3.05) is 14.2 Å². The van der Waals surface area contributed by atoms with Gasteiger partial charge in [-0.2, -0.15) is 10.1 Å². The van der Waals surface area contributed by atoms with Gasteiger partial charge in [0.05, 0.1) is 37.2 Å². The summed E-state index contributed by atoms with van der Waals surface area (Å²) in [6.45, 7) is 0. The Morgan fingerprint density at radius 1 is 1.00 bits per heavy atom. The zero-order valence-corrected chi connectivity index (χ0v) is 18.1. The van der Waals surface area contributed by atoms with E-state index in [-0.39, 0.29) is 0 Å². The number of para-hydroxylation sites is 1. The van der Waals surface area contributed by atoms with Gasteiger partial charge in [0, 0.05) is 5.56 Å². The van der Waals surface area contributed by atoms with Gasteiger partial charge in [-0.15, -0.1) is 0 Å². The lowest BCUT2D eigenvalue weighted by Crippen LogP contribution is -1.97. The minimum Gasteiger partial charge on any atom is -0.493 e. The first-order valence-corrected chi connectivity index (χ1v) is 10.7. The molecule has 0 amide bonds. The molecule has 10 heteroatoms. The maximum absolute atomic E-state index is 5.44. The van der Waals surface area contributed by atoms with E-state index < -0.39 is 0 Å². The summed E-state index contributed by atoms with van der Waals surface area (Å²) in [5.74, 6) is 2.67. The van der Waals surface area contributed by atoms with Crippen LogP contribution in [0.4, 0.5) is 0 Å². The second-order valence-electron chi connectivity index (χ2n) is 6.68. The van der Waals surface area contributed by atoms with Crippen LogP contribution in [0.15, 0.2) is 70.6 Å². The van der Waals surface area contributed by atoms with E-state index in [4.69, 9.17) is 14.0 Å². The highest BCUT2D eigenvalue weighted by molar-refractivity contribution is 7.98. The molecule has 32 heavy (non-hydrogen) atoms. The van der Waals surface area contributed by atoms with Crippen molar-refractivity contribution in [1.82, 2.24) is 29.9 Å². The normalized spacial score (nSPS) is 11.1. The molecule has 3 heterocycles. The maximum Gasteiger partial charge on any atom is 0.237 e. The van der Waals surface area contributed by atoms with Crippen molar-refractivity contribution < 1.29 is 14.0 Å². The van der Waals surface area contributed by atoms with Crippen LogP contribution in [0.2, 0.25) is 0 Å². The monoisotopic (exact) mass is 446 g/mol. The van der Waals surface area contributed by atoms with E-state index >= 15 is 0 Å². The van der Waals surface area contributed by atoms with E-state index in [9.17, 15) is 0 Å².